The van der Waals surface area contributed by atoms with Crippen LogP contribution in [0.3, 0.4) is 0 Å². The molecule has 3 atom stereocenters. The summed E-state index contributed by atoms with van der Waals surface area (Å²) in [5.74, 6) is -3.40. The number of nitrogens with zero attached hydrogens (tertiary/aromatic N) is 2. The van der Waals surface area contributed by atoms with Crippen LogP contribution in [0.25, 0.3) is 0 Å². The van der Waals surface area contributed by atoms with Crippen LogP contribution in [0.5, 0.6) is 0 Å². The molecule has 0 heterocycles. The zero-order valence-electron chi connectivity index (χ0n) is 28.8. The molecule has 12 nitrogen and oxygen atoms in total. The number of amides is 5. The van der Waals surface area contributed by atoms with Gasteiger partial charge in [0.15, 0.2) is 0 Å². The van der Waals surface area contributed by atoms with Crippen LogP contribution >= 0.6 is 0 Å². The molecule has 0 aliphatic rings. The molecule has 47 heavy (non-hydrogen) atoms. The highest BCUT2D eigenvalue weighted by Crippen LogP contribution is 2.12. The van der Waals surface area contributed by atoms with Crippen LogP contribution in [0.1, 0.15) is 59.4 Å². The van der Waals surface area contributed by atoms with Gasteiger partial charge in [0.25, 0.3) is 0 Å². The summed E-state index contributed by atoms with van der Waals surface area (Å²) in [7, 11) is 1.23. The highest BCUT2D eigenvalue weighted by atomic mass is 16.5. The SMILES string of the molecule is C=CCCN(CC(=O)N[C@@H](CC(C)C)C(=O)N[C@H](C(=O)N[C@@H](Cc1ccccc1)C(=O)N(CCC=C)CC(=O)OC)C(C)C)C(C)=O. The number of carbonyl (C=O) groups is 6. The van der Waals surface area contributed by atoms with Crippen molar-refractivity contribution < 1.29 is 33.5 Å². The van der Waals surface area contributed by atoms with Crippen molar-refractivity contribution in [1.82, 2.24) is 25.8 Å². The molecule has 260 valence electrons. The van der Waals surface area contributed by atoms with E-state index in [1.807, 2.05) is 44.2 Å². The summed E-state index contributed by atoms with van der Waals surface area (Å²) in [6.07, 6.45) is 4.63. The van der Waals surface area contributed by atoms with E-state index in [1.165, 1.54) is 23.8 Å². The lowest BCUT2D eigenvalue weighted by molar-refractivity contribution is -0.148. The van der Waals surface area contributed by atoms with Gasteiger partial charge in [-0.1, -0.05) is 70.2 Å². The van der Waals surface area contributed by atoms with Gasteiger partial charge in [0.2, 0.25) is 29.5 Å². The number of ether oxygens (including phenoxy) is 1. The molecule has 0 bridgehead atoms. The van der Waals surface area contributed by atoms with Crippen molar-refractivity contribution in [2.45, 2.75) is 78.4 Å². The summed E-state index contributed by atoms with van der Waals surface area (Å²) < 4.78 is 4.78. The van der Waals surface area contributed by atoms with E-state index in [0.717, 1.165) is 5.56 Å². The first-order chi connectivity index (χ1) is 22.2. The molecule has 1 rings (SSSR count). The number of hydrogen-bond acceptors (Lipinski definition) is 7. The molecule has 0 aromatic heterocycles. The highest BCUT2D eigenvalue weighted by Gasteiger charge is 2.33. The zero-order valence-corrected chi connectivity index (χ0v) is 28.8. The first-order valence-corrected chi connectivity index (χ1v) is 16.0. The van der Waals surface area contributed by atoms with Crippen LogP contribution in [0.2, 0.25) is 0 Å². The maximum Gasteiger partial charge on any atom is 0.325 e. The van der Waals surface area contributed by atoms with Crippen molar-refractivity contribution in [1.29, 1.82) is 0 Å². The minimum absolute atomic E-state index is 0.0197. The Morgan fingerprint density at radius 1 is 0.809 bits per heavy atom. The van der Waals surface area contributed by atoms with Crippen molar-refractivity contribution in [2.24, 2.45) is 11.8 Å². The average Bonchev–Trinajstić information content (AvgIpc) is 3.02. The number of nitrogens with one attached hydrogen (secondary N) is 3. The number of methoxy groups -OCH3 is 1. The van der Waals surface area contributed by atoms with Gasteiger partial charge in [0, 0.05) is 26.4 Å². The van der Waals surface area contributed by atoms with Crippen molar-refractivity contribution in [3.05, 3.63) is 61.2 Å². The number of benzene rings is 1. The van der Waals surface area contributed by atoms with Crippen molar-refractivity contribution in [3.8, 4) is 0 Å². The molecule has 0 saturated carbocycles. The lowest BCUT2D eigenvalue weighted by atomic mass is 9.98. The van der Waals surface area contributed by atoms with Gasteiger partial charge in [0.1, 0.15) is 24.7 Å². The topological polar surface area (TPSA) is 154 Å². The average molecular weight is 656 g/mol. The van der Waals surface area contributed by atoms with Gasteiger partial charge in [0.05, 0.1) is 13.7 Å². The van der Waals surface area contributed by atoms with E-state index >= 15 is 0 Å². The third-order valence-corrected chi connectivity index (χ3v) is 7.35. The van der Waals surface area contributed by atoms with Gasteiger partial charge in [-0.3, -0.25) is 28.8 Å². The Morgan fingerprint density at radius 3 is 1.91 bits per heavy atom. The van der Waals surface area contributed by atoms with Crippen molar-refractivity contribution >= 4 is 35.5 Å². The predicted molar refractivity (Wildman–Crippen MR) is 181 cm³/mol. The highest BCUT2D eigenvalue weighted by molar-refractivity contribution is 5.95. The van der Waals surface area contributed by atoms with Crippen LogP contribution in [0.15, 0.2) is 55.6 Å². The Hall–Kier alpha value is -4.48. The monoisotopic (exact) mass is 655 g/mol. The zero-order chi connectivity index (χ0) is 35.5. The van der Waals surface area contributed by atoms with Gasteiger partial charge in [-0.05, 0) is 36.7 Å². The molecule has 5 amide bonds. The molecule has 0 unspecified atom stereocenters. The molecular weight excluding hydrogens is 602 g/mol. The van der Waals surface area contributed by atoms with Gasteiger partial charge in [-0.2, -0.15) is 0 Å². The van der Waals surface area contributed by atoms with Gasteiger partial charge >= 0.3 is 5.97 Å². The molecule has 12 heteroatoms. The maximum absolute atomic E-state index is 13.8. The molecule has 0 saturated heterocycles. The number of hydrogen-bond donors (Lipinski definition) is 3. The summed E-state index contributed by atoms with van der Waals surface area (Å²) in [4.78, 5) is 81.0. The normalized spacial score (nSPS) is 12.7. The van der Waals surface area contributed by atoms with Crippen LogP contribution in [-0.2, 0) is 39.9 Å². The fraction of sp³-hybridized carbons (Fsp3) is 0.543. The first-order valence-electron chi connectivity index (χ1n) is 16.0. The fourth-order valence-electron chi connectivity index (χ4n) is 4.77. The van der Waals surface area contributed by atoms with E-state index in [9.17, 15) is 28.8 Å². The molecule has 1 aromatic carbocycles. The number of esters is 1. The van der Waals surface area contributed by atoms with Crippen LogP contribution in [0.4, 0.5) is 0 Å². The molecule has 0 aliphatic heterocycles. The van der Waals surface area contributed by atoms with Gasteiger partial charge < -0.3 is 30.5 Å². The fourth-order valence-corrected chi connectivity index (χ4v) is 4.77. The molecule has 1 aromatic rings. The van der Waals surface area contributed by atoms with Crippen LogP contribution in [0, 0.1) is 11.8 Å². The minimum atomic E-state index is -1.06. The summed E-state index contributed by atoms with van der Waals surface area (Å²) in [6.45, 7) is 16.0. The van der Waals surface area contributed by atoms with E-state index in [4.69, 9.17) is 4.74 Å². The van der Waals surface area contributed by atoms with E-state index in [2.05, 4.69) is 29.1 Å². The molecule has 3 N–H and O–H groups in total. The predicted octanol–water partition coefficient (Wildman–Crippen LogP) is 2.39. The summed E-state index contributed by atoms with van der Waals surface area (Å²) in [5.41, 5.74) is 0.783. The second kappa shape index (κ2) is 21.3. The third-order valence-electron chi connectivity index (χ3n) is 7.35. The van der Waals surface area contributed by atoms with E-state index in [1.54, 1.807) is 26.0 Å². The second-order valence-electron chi connectivity index (χ2n) is 12.2. The molecule has 0 fully saturated rings. The maximum atomic E-state index is 13.8. The van der Waals surface area contributed by atoms with Gasteiger partial charge in [-0.25, -0.2) is 0 Å². The number of carbonyl (C=O) groups excluding carboxylic acids is 6. The Morgan fingerprint density at radius 2 is 1.40 bits per heavy atom. The third kappa shape index (κ3) is 15.1. The van der Waals surface area contributed by atoms with Crippen LogP contribution < -0.4 is 16.0 Å². The largest absolute Gasteiger partial charge is 0.468 e. The Kier molecular flexibility index (Phi) is 18.4. The minimum Gasteiger partial charge on any atom is -0.468 e. The van der Waals surface area contributed by atoms with E-state index in [0.29, 0.717) is 19.4 Å². The van der Waals surface area contributed by atoms with E-state index < -0.39 is 47.7 Å². The van der Waals surface area contributed by atoms with Gasteiger partial charge in [-0.15, -0.1) is 13.2 Å². The lowest BCUT2D eigenvalue weighted by Gasteiger charge is -2.30. The Bertz CT molecular complexity index is 1220. The summed E-state index contributed by atoms with van der Waals surface area (Å²) in [5, 5.41) is 8.32. The van der Waals surface area contributed by atoms with E-state index in [-0.39, 0.29) is 50.2 Å². The quantitative estimate of drug-likeness (QED) is 0.136. The van der Waals surface area contributed by atoms with Crippen LogP contribution in [-0.4, -0.2) is 96.7 Å². The number of rotatable bonds is 21. The summed E-state index contributed by atoms with van der Waals surface area (Å²) >= 11 is 0. The lowest BCUT2D eigenvalue weighted by Crippen LogP contribution is -2.59. The summed E-state index contributed by atoms with van der Waals surface area (Å²) in [6, 6.07) is 6.04. The second-order valence-corrected chi connectivity index (χ2v) is 12.2. The van der Waals surface area contributed by atoms with Crippen molar-refractivity contribution in [3.63, 3.8) is 0 Å². The Labute approximate surface area is 279 Å². The smallest absolute Gasteiger partial charge is 0.325 e. The standard InChI is InChI=1S/C35H53N5O7/c1-9-11-18-39(26(7)41)22-30(42)36-28(20-24(3)4)33(44)38-32(25(5)6)34(45)37-29(21-27-16-14-13-15-17-27)35(46)40(19-12-10-2)23-31(43)47-8/h9-10,13-17,24-25,28-29,32H,1-2,11-12,18-23H2,3-8H3,(H,36,42)(H,37,45)(H,38,44)/t28-,29-,32-/m0/s1. The Balaban J connectivity index is 3.25. The van der Waals surface area contributed by atoms with Crippen molar-refractivity contribution in [2.75, 3.05) is 33.3 Å². The first kappa shape index (κ1) is 40.5. The molecular formula is C35H53N5O7. The molecule has 0 aliphatic carbocycles. The molecule has 0 spiro atoms. The molecule has 0 radical (unpaired) electrons.